The summed E-state index contributed by atoms with van der Waals surface area (Å²) in [6, 6.07) is 4.52. The van der Waals surface area contributed by atoms with Crippen LogP contribution >= 0.6 is 23.2 Å². The number of nitrogens with one attached hydrogen (secondary N) is 1. The SMILES string of the molecule is CC(NS(=O)(=O)CCCCO)c1ccc(Cl)cc1Cl. The number of hydrogen-bond donors (Lipinski definition) is 2. The Hall–Kier alpha value is -0.330. The third-order valence-electron chi connectivity index (χ3n) is 2.61. The number of unbranched alkanes of at least 4 members (excludes halogenated alkanes) is 1. The number of sulfonamides is 1. The lowest BCUT2D eigenvalue weighted by atomic mass is 10.1. The van der Waals surface area contributed by atoms with Gasteiger partial charge in [-0.05, 0) is 37.5 Å². The van der Waals surface area contributed by atoms with Gasteiger partial charge in [-0.3, -0.25) is 0 Å². The summed E-state index contributed by atoms with van der Waals surface area (Å²) in [6.45, 7) is 1.72. The van der Waals surface area contributed by atoms with E-state index in [1.165, 1.54) is 0 Å². The van der Waals surface area contributed by atoms with Gasteiger partial charge in [0.05, 0.1) is 5.75 Å². The van der Waals surface area contributed by atoms with Crippen LogP contribution in [0, 0.1) is 0 Å². The minimum atomic E-state index is -3.38. The van der Waals surface area contributed by atoms with Crippen molar-refractivity contribution in [2.45, 2.75) is 25.8 Å². The minimum absolute atomic E-state index is 0.00587. The number of benzene rings is 1. The first-order valence-electron chi connectivity index (χ1n) is 5.91. The van der Waals surface area contributed by atoms with E-state index < -0.39 is 16.1 Å². The fourth-order valence-electron chi connectivity index (χ4n) is 1.65. The van der Waals surface area contributed by atoms with E-state index in [9.17, 15) is 8.42 Å². The molecule has 1 aromatic carbocycles. The van der Waals surface area contributed by atoms with Gasteiger partial charge < -0.3 is 5.11 Å². The highest BCUT2D eigenvalue weighted by molar-refractivity contribution is 7.89. The van der Waals surface area contributed by atoms with Crippen LogP contribution in [0.4, 0.5) is 0 Å². The molecule has 2 N–H and O–H groups in total. The van der Waals surface area contributed by atoms with Gasteiger partial charge in [-0.2, -0.15) is 0 Å². The van der Waals surface area contributed by atoms with Gasteiger partial charge in [-0.25, -0.2) is 13.1 Å². The summed E-state index contributed by atoms with van der Waals surface area (Å²) in [5.41, 5.74) is 0.678. The number of halogens is 2. The van der Waals surface area contributed by atoms with Crippen molar-refractivity contribution < 1.29 is 13.5 Å². The zero-order valence-corrected chi connectivity index (χ0v) is 12.9. The van der Waals surface area contributed by atoms with E-state index in [-0.39, 0.29) is 12.4 Å². The molecule has 7 heteroatoms. The monoisotopic (exact) mass is 325 g/mol. The second-order valence-corrected chi connectivity index (χ2v) is 6.97. The molecule has 0 aliphatic rings. The fourth-order valence-corrected chi connectivity index (χ4v) is 3.59. The molecule has 108 valence electrons. The van der Waals surface area contributed by atoms with Gasteiger partial charge in [-0.15, -0.1) is 0 Å². The Kier molecular flexibility index (Phi) is 6.56. The van der Waals surface area contributed by atoms with Crippen molar-refractivity contribution in [3.8, 4) is 0 Å². The van der Waals surface area contributed by atoms with Crippen LogP contribution in [0.25, 0.3) is 0 Å². The number of aliphatic hydroxyl groups excluding tert-OH is 1. The average Bonchev–Trinajstić information content (AvgIpc) is 2.28. The molecule has 0 amide bonds. The van der Waals surface area contributed by atoms with Crippen molar-refractivity contribution in [3.05, 3.63) is 33.8 Å². The van der Waals surface area contributed by atoms with E-state index in [1.54, 1.807) is 25.1 Å². The Labute approximate surface area is 123 Å². The van der Waals surface area contributed by atoms with Crippen molar-refractivity contribution >= 4 is 33.2 Å². The van der Waals surface area contributed by atoms with Crippen molar-refractivity contribution in [2.24, 2.45) is 0 Å². The number of aliphatic hydroxyl groups is 1. The third-order valence-corrected chi connectivity index (χ3v) is 4.71. The second-order valence-electron chi connectivity index (χ2n) is 4.25. The van der Waals surface area contributed by atoms with E-state index in [1.807, 2.05) is 0 Å². The quantitative estimate of drug-likeness (QED) is 0.757. The van der Waals surface area contributed by atoms with Gasteiger partial charge in [0.25, 0.3) is 0 Å². The van der Waals surface area contributed by atoms with E-state index in [0.717, 1.165) is 0 Å². The molecule has 19 heavy (non-hydrogen) atoms. The summed E-state index contributed by atoms with van der Waals surface area (Å²) in [4.78, 5) is 0. The van der Waals surface area contributed by atoms with Crippen molar-refractivity contribution in [3.63, 3.8) is 0 Å². The van der Waals surface area contributed by atoms with Gasteiger partial charge in [0.15, 0.2) is 0 Å². The van der Waals surface area contributed by atoms with Crippen LogP contribution in [0.1, 0.15) is 31.4 Å². The van der Waals surface area contributed by atoms with Crippen LogP contribution in [0.15, 0.2) is 18.2 Å². The molecule has 0 aliphatic heterocycles. The largest absolute Gasteiger partial charge is 0.396 e. The van der Waals surface area contributed by atoms with Crippen LogP contribution in [0.3, 0.4) is 0 Å². The van der Waals surface area contributed by atoms with Gasteiger partial charge >= 0.3 is 0 Å². The molecule has 0 radical (unpaired) electrons. The summed E-state index contributed by atoms with van der Waals surface area (Å²) in [5.74, 6) is -0.0108. The fraction of sp³-hybridized carbons (Fsp3) is 0.500. The molecular weight excluding hydrogens is 309 g/mol. The van der Waals surface area contributed by atoms with E-state index >= 15 is 0 Å². The first-order chi connectivity index (χ1) is 8.85. The molecule has 0 bridgehead atoms. The number of hydrogen-bond acceptors (Lipinski definition) is 3. The second kappa shape index (κ2) is 7.45. The van der Waals surface area contributed by atoms with Crippen molar-refractivity contribution in [1.29, 1.82) is 0 Å². The number of rotatable bonds is 7. The Morgan fingerprint density at radius 3 is 2.58 bits per heavy atom. The maximum Gasteiger partial charge on any atom is 0.212 e. The lowest BCUT2D eigenvalue weighted by molar-refractivity contribution is 0.287. The van der Waals surface area contributed by atoms with Crippen LogP contribution in [0.5, 0.6) is 0 Å². The Balaban J connectivity index is 2.70. The predicted molar refractivity (Wildman–Crippen MR) is 78.1 cm³/mol. The highest BCUT2D eigenvalue weighted by Crippen LogP contribution is 2.26. The molecule has 4 nitrogen and oxygen atoms in total. The van der Waals surface area contributed by atoms with Gasteiger partial charge in [-0.1, -0.05) is 29.3 Å². The summed E-state index contributed by atoms with van der Waals surface area (Å²) < 4.78 is 26.2. The van der Waals surface area contributed by atoms with Gasteiger partial charge in [0.2, 0.25) is 10.0 Å². The molecule has 0 fully saturated rings. The summed E-state index contributed by atoms with van der Waals surface area (Å²) in [6.07, 6.45) is 0.893. The molecular formula is C12H17Cl2NO3S. The van der Waals surface area contributed by atoms with E-state index in [2.05, 4.69) is 4.72 Å². The molecule has 0 heterocycles. The topological polar surface area (TPSA) is 66.4 Å². The molecule has 1 aromatic rings. The first kappa shape index (κ1) is 16.7. The van der Waals surface area contributed by atoms with E-state index in [4.69, 9.17) is 28.3 Å². The average molecular weight is 326 g/mol. The Morgan fingerprint density at radius 1 is 1.32 bits per heavy atom. The molecule has 0 saturated carbocycles. The van der Waals surface area contributed by atoms with Crippen LogP contribution < -0.4 is 4.72 Å². The summed E-state index contributed by atoms with van der Waals surface area (Å²) in [7, 11) is -3.38. The molecule has 0 aromatic heterocycles. The summed E-state index contributed by atoms with van der Waals surface area (Å²) in [5, 5.41) is 9.58. The highest BCUT2D eigenvalue weighted by atomic mass is 35.5. The molecule has 0 aliphatic carbocycles. The molecule has 0 spiro atoms. The maximum atomic E-state index is 11.8. The lowest BCUT2D eigenvalue weighted by Gasteiger charge is -2.16. The summed E-state index contributed by atoms with van der Waals surface area (Å²) >= 11 is 11.8. The lowest BCUT2D eigenvalue weighted by Crippen LogP contribution is -2.29. The zero-order chi connectivity index (χ0) is 14.5. The van der Waals surface area contributed by atoms with Crippen LogP contribution in [-0.2, 0) is 10.0 Å². The highest BCUT2D eigenvalue weighted by Gasteiger charge is 2.17. The molecule has 1 atom stereocenters. The first-order valence-corrected chi connectivity index (χ1v) is 8.32. The molecule has 1 unspecified atom stereocenters. The van der Waals surface area contributed by atoms with Gasteiger partial charge in [0.1, 0.15) is 0 Å². The Bertz CT molecular complexity index is 520. The zero-order valence-electron chi connectivity index (χ0n) is 10.6. The maximum absolute atomic E-state index is 11.8. The Morgan fingerprint density at radius 2 is 2.00 bits per heavy atom. The smallest absolute Gasteiger partial charge is 0.212 e. The predicted octanol–water partition coefficient (Wildman–Crippen LogP) is 2.75. The molecule has 0 saturated heterocycles. The third kappa shape index (κ3) is 5.67. The van der Waals surface area contributed by atoms with Gasteiger partial charge in [0, 0.05) is 22.7 Å². The minimum Gasteiger partial charge on any atom is -0.396 e. The normalized spacial score (nSPS) is 13.5. The standard InChI is InChI=1S/C12H17Cl2NO3S/c1-9(11-5-4-10(13)8-12(11)14)15-19(17,18)7-3-2-6-16/h4-5,8-9,15-16H,2-3,6-7H2,1H3. The van der Waals surface area contributed by atoms with Crippen LogP contribution in [-0.4, -0.2) is 25.9 Å². The van der Waals surface area contributed by atoms with Crippen molar-refractivity contribution in [1.82, 2.24) is 4.72 Å². The van der Waals surface area contributed by atoms with Crippen molar-refractivity contribution in [2.75, 3.05) is 12.4 Å². The van der Waals surface area contributed by atoms with E-state index in [0.29, 0.717) is 28.5 Å². The van der Waals surface area contributed by atoms with Crippen LogP contribution in [0.2, 0.25) is 10.0 Å². The molecule has 1 rings (SSSR count).